The minimum Gasteiger partial charge on any atom is -0.300 e. The fourth-order valence-corrected chi connectivity index (χ4v) is 7.64. The van der Waals surface area contributed by atoms with E-state index in [4.69, 9.17) is 5.10 Å². The number of rotatable bonds is 4. The van der Waals surface area contributed by atoms with E-state index in [1.54, 1.807) is 0 Å². The lowest BCUT2D eigenvalue weighted by atomic mass is 9.91. The Labute approximate surface area is 191 Å². The molecule has 6 rings (SSSR count). The maximum atomic E-state index is 12.9. The lowest BCUT2D eigenvalue weighted by molar-refractivity contribution is -0.141. The first-order valence-electron chi connectivity index (χ1n) is 11.7. The second-order valence-electron chi connectivity index (χ2n) is 10.6. The van der Waals surface area contributed by atoms with Crippen LogP contribution in [-0.2, 0) is 6.18 Å². The molecule has 2 aromatic rings. The average Bonchev–Trinajstić information content (AvgIpc) is 3.20. The van der Waals surface area contributed by atoms with E-state index < -0.39 is 11.9 Å². The maximum absolute atomic E-state index is 12.9. The topological polar surface area (TPSA) is 34.0 Å². The number of alkyl halides is 3. The van der Waals surface area contributed by atoms with Gasteiger partial charge in [-0.2, -0.15) is 30.0 Å². The van der Waals surface area contributed by atoms with E-state index >= 15 is 0 Å². The predicted octanol–water partition coefficient (Wildman–Crippen LogP) is 5.48. The number of thioether (sulfide) groups is 1. The molecule has 0 amide bonds. The van der Waals surface area contributed by atoms with Gasteiger partial charge in [-0.25, -0.2) is 0 Å². The Kier molecular flexibility index (Phi) is 4.75. The lowest BCUT2D eigenvalue weighted by Crippen LogP contribution is -2.41. The van der Waals surface area contributed by atoms with E-state index in [0.29, 0.717) is 16.9 Å². The molecule has 0 radical (unpaired) electrons. The summed E-state index contributed by atoms with van der Waals surface area (Å²) in [5.74, 6) is 4.68. The molecule has 0 N–H and O–H groups in total. The quantitative estimate of drug-likeness (QED) is 0.603. The second-order valence-corrected chi connectivity index (χ2v) is 11.6. The molecule has 4 aliphatic rings. The molecule has 0 aromatic carbocycles. The predicted molar refractivity (Wildman–Crippen MR) is 120 cm³/mol. The van der Waals surface area contributed by atoms with Gasteiger partial charge in [0.2, 0.25) is 0 Å². The van der Waals surface area contributed by atoms with Gasteiger partial charge in [0.25, 0.3) is 0 Å². The molecule has 32 heavy (non-hydrogen) atoms. The summed E-state index contributed by atoms with van der Waals surface area (Å²) in [7, 11) is 0. The third-order valence-electron chi connectivity index (χ3n) is 8.17. The highest BCUT2D eigenvalue weighted by Gasteiger charge is 2.59. The third-order valence-corrected chi connectivity index (χ3v) is 9.80. The molecule has 2 unspecified atom stereocenters. The monoisotopic (exact) mass is 462 g/mol. The van der Waals surface area contributed by atoms with E-state index in [2.05, 4.69) is 46.2 Å². The first kappa shape index (κ1) is 21.0. The Morgan fingerprint density at radius 1 is 1.16 bits per heavy atom. The fraction of sp³-hybridized carbons (Fsp3) is 0.667. The van der Waals surface area contributed by atoms with Gasteiger partial charge in [0.05, 0.1) is 5.69 Å². The van der Waals surface area contributed by atoms with E-state index in [1.807, 2.05) is 0 Å². The number of fused-ring (bicyclic) bond motifs is 1. The smallest absolute Gasteiger partial charge is 0.300 e. The summed E-state index contributed by atoms with van der Waals surface area (Å²) in [5, 5.41) is 4.78. The van der Waals surface area contributed by atoms with Crippen molar-refractivity contribution in [2.45, 2.75) is 57.3 Å². The Hall–Kier alpha value is -1.54. The van der Waals surface area contributed by atoms with Crippen LogP contribution in [0.25, 0.3) is 11.3 Å². The van der Waals surface area contributed by atoms with Crippen LogP contribution in [0.3, 0.4) is 0 Å². The summed E-state index contributed by atoms with van der Waals surface area (Å²) in [4.78, 5) is 6.39. The van der Waals surface area contributed by atoms with Gasteiger partial charge in [-0.1, -0.05) is 0 Å². The minimum atomic E-state index is -4.42. The Bertz CT molecular complexity index is 999. The van der Waals surface area contributed by atoms with Crippen molar-refractivity contribution in [3.05, 3.63) is 35.8 Å². The van der Waals surface area contributed by atoms with Crippen molar-refractivity contribution in [2.24, 2.45) is 17.3 Å². The summed E-state index contributed by atoms with van der Waals surface area (Å²) in [5.41, 5.74) is 2.37. The molecule has 2 aromatic heterocycles. The van der Waals surface area contributed by atoms with Gasteiger partial charge in [-0.15, -0.1) is 0 Å². The van der Waals surface area contributed by atoms with Crippen molar-refractivity contribution in [3.8, 4) is 11.3 Å². The maximum Gasteiger partial charge on any atom is 0.433 e. The summed E-state index contributed by atoms with van der Waals surface area (Å²) in [6.07, 6.45) is 0.804. The largest absolute Gasteiger partial charge is 0.433 e. The molecule has 4 fully saturated rings. The molecular weight excluding hydrogens is 433 g/mol. The fourth-order valence-electron chi connectivity index (χ4n) is 6.38. The molecule has 2 saturated carbocycles. The van der Waals surface area contributed by atoms with Crippen molar-refractivity contribution >= 4 is 11.8 Å². The molecule has 4 nitrogen and oxygen atoms in total. The van der Waals surface area contributed by atoms with Crippen LogP contribution in [0, 0.1) is 17.3 Å². The first-order valence-corrected chi connectivity index (χ1v) is 12.8. The third kappa shape index (κ3) is 3.40. The van der Waals surface area contributed by atoms with Crippen LogP contribution in [0.5, 0.6) is 0 Å². The van der Waals surface area contributed by atoms with Crippen LogP contribution in [0.15, 0.2) is 24.4 Å². The van der Waals surface area contributed by atoms with Crippen LogP contribution in [0.1, 0.15) is 56.5 Å². The normalized spacial score (nSPS) is 31.3. The average molecular weight is 463 g/mol. The number of hydrogen-bond donors (Lipinski definition) is 0. The van der Waals surface area contributed by atoms with Gasteiger partial charge in [-0.3, -0.25) is 14.6 Å². The summed E-state index contributed by atoms with van der Waals surface area (Å²) >= 11 is 2.09. The Balaban J connectivity index is 1.18. The van der Waals surface area contributed by atoms with Crippen molar-refractivity contribution < 1.29 is 13.2 Å². The van der Waals surface area contributed by atoms with Gasteiger partial charge >= 0.3 is 6.18 Å². The number of hydrogen-bond acceptors (Lipinski definition) is 4. The van der Waals surface area contributed by atoms with E-state index in [9.17, 15) is 13.2 Å². The molecule has 0 bridgehead atoms. The number of halogens is 3. The summed E-state index contributed by atoms with van der Waals surface area (Å²) in [6.45, 7) is 6.80. The Morgan fingerprint density at radius 3 is 2.44 bits per heavy atom. The Morgan fingerprint density at radius 2 is 1.91 bits per heavy atom. The number of likely N-dealkylation sites (tertiary alicyclic amines) is 1. The van der Waals surface area contributed by atoms with Crippen molar-refractivity contribution in [1.29, 1.82) is 0 Å². The molecule has 2 aliphatic heterocycles. The van der Waals surface area contributed by atoms with E-state index in [0.717, 1.165) is 29.6 Å². The van der Waals surface area contributed by atoms with E-state index in [1.165, 1.54) is 61.8 Å². The molecule has 1 spiro atoms. The van der Waals surface area contributed by atoms with Crippen LogP contribution >= 0.6 is 11.8 Å². The van der Waals surface area contributed by atoms with Gasteiger partial charge in [0.15, 0.2) is 0 Å². The molecule has 8 heteroatoms. The highest BCUT2D eigenvalue weighted by atomic mass is 32.2. The first-order chi connectivity index (χ1) is 15.2. The number of nitrogens with zero attached hydrogens (tertiary/aromatic N) is 4. The minimum absolute atomic E-state index is 0.216. The zero-order chi connectivity index (χ0) is 22.3. The molecule has 2 saturated heterocycles. The zero-order valence-electron chi connectivity index (χ0n) is 18.5. The van der Waals surface area contributed by atoms with Crippen molar-refractivity contribution in [1.82, 2.24) is 19.7 Å². The molecule has 172 valence electrons. The van der Waals surface area contributed by atoms with Crippen LogP contribution < -0.4 is 0 Å². The highest BCUT2D eigenvalue weighted by Crippen LogP contribution is 2.64. The highest BCUT2D eigenvalue weighted by molar-refractivity contribution is 8.00. The number of pyridine rings is 1. The van der Waals surface area contributed by atoms with Crippen LogP contribution in [-0.4, -0.2) is 50.3 Å². The molecule has 2 atom stereocenters. The van der Waals surface area contributed by atoms with Gasteiger partial charge in [0, 0.05) is 58.9 Å². The van der Waals surface area contributed by atoms with Crippen LogP contribution in [0.2, 0.25) is 0 Å². The van der Waals surface area contributed by atoms with Gasteiger partial charge in [-0.05, 0) is 69.7 Å². The van der Waals surface area contributed by atoms with E-state index in [-0.39, 0.29) is 6.04 Å². The van der Waals surface area contributed by atoms with Crippen molar-refractivity contribution in [3.63, 3.8) is 0 Å². The SMILES string of the molecule is CC(C)n1nc(-c2ccc(C(F)(F)F)nc2)cc1C1C2CC(N3CCC4(CSC4)C3)CC21. The summed E-state index contributed by atoms with van der Waals surface area (Å²) < 4.78 is 40.7. The van der Waals surface area contributed by atoms with Gasteiger partial charge in [0.1, 0.15) is 5.69 Å². The molecular formula is C24H29F3N4S. The summed E-state index contributed by atoms with van der Waals surface area (Å²) in [6, 6.07) is 5.58. The second kappa shape index (κ2) is 7.23. The standard InChI is InChI=1S/C24H29F3N4S/c1-14(2)31-20(9-19(29-31)15-3-4-21(28-10-15)24(25,26)27)22-17-7-16(8-18(17)22)30-6-5-23(11-30)12-32-13-23/h3-4,9-10,14,16-18,22H,5-8,11-13H2,1-2H3. The number of aromatic nitrogens is 3. The molecule has 2 aliphatic carbocycles. The van der Waals surface area contributed by atoms with Crippen molar-refractivity contribution in [2.75, 3.05) is 24.6 Å². The zero-order valence-corrected chi connectivity index (χ0v) is 19.3. The van der Waals surface area contributed by atoms with Crippen LogP contribution in [0.4, 0.5) is 13.2 Å². The van der Waals surface area contributed by atoms with Gasteiger partial charge < -0.3 is 0 Å². The lowest BCUT2D eigenvalue weighted by Gasteiger charge is -2.38. The molecule has 4 heterocycles.